The third-order valence-corrected chi connectivity index (χ3v) is 3.67. The standard InChI is InChI=1S/C15H18F3N3O3/c1-8-19-11(6-13(23)20-8)14(24)21-12(7-22)9-2-4-10(5-3-9)15(16,17)18/h2-5,8,11-12,19,22H,6-7H2,1H3,(H,20,23)(H,21,24). The maximum atomic E-state index is 12.6. The van der Waals surface area contributed by atoms with Gasteiger partial charge in [-0.3, -0.25) is 14.9 Å². The van der Waals surface area contributed by atoms with Crippen molar-refractivity contribution in [3.8, 4) is 0 Å². The van der Waals surface area contributed by atoms with E-state index in [4.69, 9.17) is 0 Å². The van der Waals surface area contributed by atoms with Crippen LogP contribution >= 0.6 is 0 Å². The van der Waals surface area contributed by atoms with Gasteiger partial charge in [0.05, 0.1) is 36.8 Å². The largest absolute Gasteiger partial charge is 0.416 e. The van der Waals surface area contributed by atoms with Crippen LogP contribution in [0.2, 0.25) is 0 Å². The molecule has 2 rings (SSSR count). The molecular weight excluding hydrogens is 327 g/mol. The molecule has 2 amide bonds. The first-order valence-electron chi connectivity index (χ1n) is 7.34. The SMILES string of the molecule is CC1NC(=O)CC(C(=O)NC(CO)c2ccc(C(F)(F)F)cc2)N1. The Morgan fingerprint density at radius 3 is 2.50 bits per heavy atom. The van der Waals surface area contributed by atoms with Crippen molar-refractivity contribution < 1.29 is 27.9 Å². The molecule has 3 atom stereocenters. The number of nitrogens with one attached hydrogen (secondary N) is 3. The molecule has 1 saturated heterocycles. The maximum Gasteiger partial charge on any atom is 0.416 e. The number of carbonyl (C=O) groups excluding carboxylic acids is 2. The first-order valence-corrected chi connectivity index (χ1v) is 7.34. The molecule has 0 spiro atoms. The number of hydrogen-bond donors (Lipinski definition) is 4. The molecule has 1 fully saturated rings. The summed E-state index contributed by atoms with van der Waals surface area (Å²) in [7, 11) is 0. The van der Waals surface area contributed by atoms with E-state index in [1.54, 1.807) is 6.92 Å². The predicted molar refractivity (Wildman–Crippen MR) is 78.6 cm³/mol. The van der Waals surface area contributed by atoms with Gasteiger partial charge >= 0.3 is 6.18 Å². The molecule has 0 radical (unpaired) electrons. The average molecular weight is 345 g/mol. The quantitative estimate of drug-likeness (QED) is 0.646. The van der Waals surface area contributed by atoms with E-state index < -0.39 is 36.3 Å². The number of aliphatic hydroxyl groups excluding tert-OH is 1. The zero-order valence-corrected chi connectivity index (χ0v) is 12.9. The van der Waals surface area contributed by atoms with Gasteiger partial charge in [0.15, 0.2) is 0 Å². The lowest BCUT2D eigenvalue weighted by Crippen LogP contribution is -2.59. The van der Waals surface area contributed by atoms with E-state index in [9.17, 15) is 27.9 Å². The fourth-order valence-corrected chi connectivity index (χ4v) is 2.47. The molecule has 24 heavy (non-hydrogen) atoms. The van der Waals surface area contributed by atoms with Gasteiger partial charge in [-0.2, -0.15) is 13.2 Å². The Balaban J connectivity index is 2.06. The van der Waals surface area contributed by atoms with E-state index in [1.807, 2.05) is 0 Å². The lowest BCUT2D eigenvalue weighted by atomic mass is 10.0. The number of rotatable bonds is 4. The van der Waals surface area contributed by atoms with E-state index in [2.05, 4.69) is 16.0 Å². The average Bonchev–Trinajstić information content (AvgIpc) is 2.50. The Morgan fingerprint density at radius 2 is 2.00 bits per heavy atom. The van der Waals surface area contributed by atoms with Crippen molar-refractivity contribution in [2.24, 2.45) is 0 Å². The van der Waals surface area contributed by atoms with Crippen LogP contribution in [0.3, 0.4) is 0 Å². The third-order valence-electron chi connectivity index (χ3n) is 3.67. The minimum atomic E-state index is -4.45. The lowest BCUT2D eigenvalue weighted by molar-refractivity contribution is -0.137. The molecule has 0 bridgehead atoms. The van der Waals surface area contributed by atoms with Crippen LogP contribution in [0, 0.1) is 0 Å². The van der Waals surface area contributed by atoms with Gasteiger partial charge in [0.25, 0.3) is 0 Å². The number of alkyl halides is 3. The predicted octanol–water partition coefficient (Wildman–Crippen LogP) is 0.679. The summed E-state index contributed by atoms with van der Waals surface area (Å²) in [6, 6.07) is 2.55. The van der Waals surface area contributed by atoms with E-state index in [0.717, 1.165) is 12.1 Å². The number of hydrogen-bond acceptors (Lipinski definition) is 4. The second-order valence-corrected chi connectivity index (χ2v) is 5.58. The monoisotopic (exact) mass is 345 g/mol. The first-order chi connectivity index (χ1) is 11.2. The van der Waals surface area contributed by atoms with Crippen LogP contribution in [-0.2, 0) is 15.8 Å². The summed E-state index contributed by atoms with van der Waals surface area (Å²) in [5.41, 5.74) is -0.471. The molecule has 0 aromatic heterocycles. The van der Waals surface area contributed by atoms with Gasteiger partial charge in [-0.1, -0.05) is 12.1 Å². The van der Waals surface area contributed by atoms with E-state index in [0.29, 0.717) is 5.56 Å². The molecule has 0 aliphatic carbocycles. The van der Waals surface area contributed by atoms with Crippen molar-refractivity contribution >= 4 is 11.8 Å². The highest BCUT2D eigenvalue weighted by atomic mass is 19.4. The Kier molecular flexibility index (Phi) is 5.45. The second kappa shape index (κ2) is 7.18. The third kappa shape index (κ3) is 4.45. The van der Waals surface area contributed by atoms with Crippen molar-refractivity contribution in [1.82, 2.24) is 16.0 Å². The molecule has 1 heterocycles. The van der Waals surface area contributed by atoms with E-state index >= 15 is 0 Å². The number of benzene rings is 1. The molecule has 4 N–H and O–H groups in total. The van der Waals surface area contributed by atoms with Gasteiger partial charge in [-0.15, -0.1) is 0 Å². The van der Waals surface area contributed by atoms with Gasteiger partial charge in [-0.05, 0) is 24.6 Å². The first kappa shape index (κ1) is 18.2. The Hall–Kier alpha value is -2.13. The van der Waals surface area contributed by atoms with Gasteiger partial charge in [-0.25, -0.2) is 0 Å². The number of carbonyl (C=O) groups is 2. The Bertz CT molecular complexity index is 604. The van der Waals surface area contributed by atoms with E-state index in [-0.39, 0.29) is 18.5 Å². The summed E-state index contributed by atoms with van der Waals surface area (Å²) in [4.78, 5) is 23.7. The van der Waals surface area contributed by atoms with E-state index in [1.165, 1.54) is 12.1 Å². The van der Waals surface area contributed by atoms with Crippen molar-refractivity contribution in [3.63, 3.8) is 0 Å². The molecule has 9 heteroatoms. The lowest BCUT2D eigenvalue weighted by Gasteiger charge is -2.29. The van der Waals surface area contributed by atoms with Crippen LogP contribution in [0.25, 0.3) is 0 Å². The van der Waals surface area contributed by atoms with Crippen molar-refractivity contribution in [1.29, 1.82) is 0 Å². The fraction of sp³-hybridized carbons (Fsp3) is 0.467. The van der Waals surface area contributed by atoms with Crippen LogP contribution in [-0.4, -0.2) is 35.7 Å². The molecule has 6 nitrogen and oxygen atoms in total. The van der Waals surface area contributed by atoms with Crippen LogP contribution in [0.1, 0.15) is 30.5 Å². The van der Waals surface area contributed by atoms with Crippen LogP contribution in [0.4, 0.5) is 13.2 Å². The summed E-state index contributed by atoms with van der Waals surface area (Å²) in [5.74, 6) is -0.785. The smallest absolute Gasteiger partial charge is 0.394 e. The second-order valence-electron chi connectivity index (χ2n) is 5.58. The summed E-state index contributed by atoms with van der Waals surface area (Å²) < 4.78 is 37.7. The maximum absolute atomic E-state index is 12.6. The zero-order chi connectivity index (χ0) is 17.9. The van der Waals surface area contributed by atoms with Gasteiger partial charge in [0.2, 0.25) is 11.8 Å². The highest BCUT2D eigenvalue weighted by Crippen LogP contribution is 2.29. The van der Waals surface area contributed by atoms with Crippen molar-refractivity contribution in [3.05, 3.63) is 35.4 Å². The Labute approximate surface area is 136 Å². The molecule has 1 aromatic rings. The topological polar surface area (TPSA) is 90.5 Å². The molecular formula is C15H18F3N3O3. The fourth-order valence-electron chi connectivity index (χ4n) is 2.47. The summed E-state index contributed by atoms with van der Waals surface area (Å²) in [5, 5.41) is 17.4. The van der Waals surface area contributed by atoms with Gasteiger partial charge in [0, 0.05) is 0 Å². The van der Waals surface area contributed by atoms with Crippen molar-refractivity contribution in [2.75, 3.05) is 6.61 Å². The highest BCUT2D eigenvalue weighted by molar-refractivity contribution is 5.89. The van der Waals surface area contributed by atoms with Crippen LogP contribution < -0.4 is 16.0 Å². The molecule has 1 aliphatic rings. The summed E-state index contributed by atoms with van der Waals surface area (Å²) in [6.07, 6.45) is -4.88. The summed E-state index contributed by atoms with van der Waals surface area (Å²) in [6.45, 7) is 1.20. The number of aliphatic hydroxyl groups is 1. The summed E-state index contributed by atoms with van der Waals surface area (Å²) >= 11 is 0. The van der Waals surface area contributed by atoms with Crippen LogP contribution in [0.5, 0.6) is 0 Å². The molecule has 1 aromatic carbocycles. The van der Waals surface area contributed by atoms with Crippen LogP contribution in [0.15, 0.2) is 24.3 Å². The van der Waals surface area contributed by atoms with Gasteiger partial charge < -0.3 is 15.7 Å². The number of amides is 2. The Morgan fingerprint density at radius 1 is 1.38 bits per heavy atom. The minimum Gasteiger partial charge on any atom is -0.394 e. The molecule has 0 saturated carbocycles. The molecule has 1 aliphatic heterocycles. The highest BCUT2D eigenvalue weighted by Gasteiger charge is 2.31. The van der Waals surface area contributed by atoms with Gasteiger partial charge in [0.1, 0.15) is 0 Å². The normalized spacial score (nSPS) is 22.6. The van der Waals surface area contributed by atoms with Crippen molar-refractivity contribution in [2.45, 2.75) is 37.8 Å². The number of halogens is 3. The molecule has 3 unspecified atom stereocenters. The minimum absolute atomic E-state index is 0.0542. The zero-order valence-electron chi connectivity index (χ0n) is 12.9. The molecule has 132 valence electrons.